The predicted molar refractivity (Wildman–Crippen MR) is 158 cm³/mol. The Morgan fingerprint density at radius 2 is 1.82 bits per heavy atom. The smallest absolute Gasteiger partial charge is 0.273 e. The third kappa shape index (κ3) is 6.28. The van der Waals surface area contributed by atoms with Gasteiger partial charge in [-0.05, 0) is 79.7 Å². The highest BCUT2D eigenvalue weighted by Gasteiger charge is 2.41. The summed E-state index contributed by atoms with van der Waals surface area (Å²) in [6.07, 6.45) is 12.0. The molecule has 0 saturated heterocycles. The van der Waals surface area contributed by atoms with Gasteiger partial charge in [-0.15, -0.1) is 0 Å². The van der Waals surface area contributed by atoms with E-state index >= 15 is 0 Å². The number of thiazole rings is 1. The number of aliphatic hydroxyl groups is 1. The van der Waals surface area contributed by atoms with Crippen LogP contribution in [0.4, 0.5) is 11.5 Å². The maximum absolute atomic E-state index is 14.0. The zero-order valence-electron chi connectivity index (χ0n) is 23.3. The van der Waals surface area contributed by atoms with E-state index in [4.69, 9.17) is 4.74 Å². The summed E-state index contributed by atoms with van der Waals surface area (Å²) in [6.45, 7) is 0.626. The molecule has 0 unspecified atom stereocenters. The Kier molecular flexibility index (Phi) is 8.52. The molecular weight excluding hydrogens is 508 g/mol. The predicted octanol–water partition coefficient (Wildman–Crippen LogP) is 6.28. The summed E-state index contributed by atoms with van der Waals surface area (Å²) >= 11 is 1.48. The van der Waals surface area contributed by atoms with Gasteiger partial charge in [-0.2, -0.15) is 0 Å². The molecule has 3 aromatic rings. The molecule has 2 aromatic heterocycles. The van der Waals surface area contributed by atoms with Crippen molar-refractivity contribution in [2.24, 2.45) is 5.92 Å². The van der Waals surface area contributed by atoms with E-state index in [-0.39, 0.29) is 5.91 Å². The van der Waals surface area contributed by atoms with E-state index in [0.29, 0.717) is 36.4 Å². The van der Waals surface area contributed by atoms with Crippen LogP contribution < -0.4 is 14.5 Å². The molecule has 2 saturated carbocycles. The fraction of sp³-hybridized carbons (Fsp3) is 0.516. The first-order valence-corrected chi connectivity index (χ1v) is 15.0. The topological polar surface area (TPSA) is 78.8 Å². The monoisotopic (exact) mass is 548 g/mol. The van der Waals surface area contributed by atoms with Crippen molar-refractivity contribution < 1.29 is 14.6 Å². The van der Waals surface area contributed by atoms with Crippen LogP contribution in [0.2, 0.25) is 0 Å². The second-order valence-corrected chi connectivity index (χ2v) is 12.3. The molecule has 2 fully saturated rings. The van der Waals surface area contributed by atoms with Crippen LogP contribution in [0.1, 0.15) is 69.3 Å². The van der Waals surface area contributed by atoms with E-state index in [1.165, 1.54) is 16.9 Å². The molecule has 2 aliphatic rings. The van der Waals surface area contributed by atoms with Gasteiger partial charge in [-0.3, -0.25) is 4.79 Å². The van der Waals surface area contributed by atoms with Crippen LogP contribution in [0.25, 0.3) is 10.4 Å². The molecule has 1 aromatic carbocycles. The maximum atomic E-state index is 14.0. The lowest BCUT2D eigenvalue weighted by Gasteiger charge is -2.38. The van der Waals surface area contributed by atoms with Gasteiger partial charge in [-0.1, -0.05) is 48.8 Å². The second-order valence-electron chi connectivity index (χ2n) is 11.3. The van der Waals surface area contributed by atoms with Crippen molar-refractivity contribution >= 4 is 28.7 Å². The van der Waals surface area contributed by atoms with Crippen molar-refractivity contribution in [3.63, 3.8) is 0 Å². The lowest BCUT2D eigenvalue weighted by Crippen LogP contribution is -2.51. The standard InChI is InChI=1S/C31H40N4O3S/c1-34(2)28-15-14-25(19-32-28)23-12-10-22(11-13-23)21-35(29(36)31(37)16-5-4-6-17-31)26-9-7-8-24(18-26)27-20-33-30(38-3)39-27/h7-9,14-15,18-20,22-23,37H,4-6,10-13,16-17,21H2,1-3H3. The first kappa shape index (κ1) is 27.6. The largest absolute Gasteiger partial charge is 0.473 e. The molecule has 2 aliphatic carbocycles. The molecule has 208 valence electrons. The Morgan fingerprint density at radius 1 is 1.05 bits per heavy atom. The summed E-state index contributed by atoms with van der Waals surface area (Å²) in [4.78, 5) is 27.8. The third-order valence-corrected chi connectivity index (χ3v) is 9.42. The molecule has 39 heavy (non-hydrogen) atoms. The van der Waals surface area contributed by atoms with Gasteiger partial charge in [0.1, 0.15) is 11.4 Å². The molecule has 0 aliphatic heterocycles. The van der Waals surface area contributed by atoms with Crippen LogP contribution in [0.5, 0.6) is 5.19 Å². The Morgan fingerprint density at radius 3 is 2.46 bits per heavy atom. The Hall–Kier alpha value is -2.97. The molecule has 0 atom stereocenters. The van der Waals surface area contributed by atoms with E-state index in [1.54, 1.807) is 7.11 Å². The van der Waals surface area contributed by atoms with E-state index < -0.39 is 5.60 Å². The summed E-state index contributed by atoms with van der Waals surface area (Å²) in [5.41, 5.74) is 1.86. The average molecular weight is 549 g/mol. The zero-order chi connectivity index (χ0) is 27.4. The summed E-state index contributed by atoms with van der Waals surface area (Å²) < 4.78 is 5.29. The highest BCUT2D eigenvalue weighted by molar-refractivity contribution is 7.16. The SMILES string of the molecule is COc1ncc(-c2cccc(N(CC3CCC(c4ccc(N(C)C)nc4)CC3)C(=O)C3(O)CCCCC3)c2)s1. The third-order valence-electron chi connectivity index (χ3n) is 8.41. The lowest BCUT2D eigenvalue weighted by molar-refractivity contribution is -0.140. The molecular formula is C31H40N4O3S. The highest BCUT2D eigenvalue weighted by atomic mass is 32.1. The quantitative estimate of drug-likeness (QED) is 0.357. The Bertz CT molecular complexity index is 1240. The number of amides is 1. The lowest BCUT2D eigenvalue weighted by atomic mass is 9.78. The number of nitrogens with zero attached hydrogens (tertiary/aromatic N) is 4. The van der Waals surface area contributed by atoms with Gasteiger partial charge in [0.15, 0.2) is 0 Å². The minimum Gasteiger partial charge on any atom is -0.473 e. The molecule has 2 heterocycles. The second kappa shape index (κ2) is 12.0. The number of anilines is 2. The molecule has 0 radical (unpaired) electrons. The van der Waals surface area contributed by atoms with Gasteiger partial charge in [0, 0.05) is 38.7 Å². The average Bonchev–Trinajstić information content (AvgIpc) is 3.46. The van der Waals surface area contributed by atoms with Crippen LogP contribution in [-0.4, -0.2) is 54.3 Å². The van der Waals surface area contributed by atoms with Gasteiger partial charge in [-0.25, -0.2) is 9.97 Å². The number of hydrogen-bond donors (Lipinski definition) is 1. The number of carbonyl (C=O) groups excluding carboxylic acids is 1. The Labute approximate surface area is 235 Å². The van der Waals surface area contributed by atoms with E-state index in [0.717, 1.165) is 66.9 Å². The highest BCUT2D eigenvalue weighted by Crippen LogP contribution is 2.39. The zero-order valence-corrected chi connectivity index (χ0v) is 24.1. The molecule has 7 nitrogen and oxygen atoms in total. The first-order valence-electron chi connectivity index (χ1n) is 14.1. The molecule has 5 rings (SSSR count). The molecule has 0 spiro atoms. The number of ether oxygens (including phenoxy) is 1. The van der Waals surface area contributed by atoms with Gasteiger partial charge in [0.2, 0.25) is 0 Å². The van der Waals surface area contributed by atoms with Crippen LogP contribution >= 0.6 is 11.3 Å². The number of rotatable bonds is 8. The van der Waals surface area contributed by atoms with Crippen LogP contribution in [0.15, 0.2) is 48.8 Å². The number of aromatic nitrogens is 2. The van der Waals surface area contributed by atoms with Gasteiger partial charge in [0.05, 0.1) is 12.0 Å². The first-order chi connectivity index (χ1) is 18.9. The van der Waals surface area contributed by atoms with Gasteiger partial charge < -0.3 is 19.6 Å². The number of methoxy groups -OCH3 is 1. The molecule has 0 bridgehead atoms. The fourth-order valence-electron chi connectivity index (χ4n) is 6.06. The fourth-order valence-corrected chi connectivity index (χ4v) is 6.79. The number of pyridine rings is 1. The van der Waals surface area contributed by atoms with Gasteiger partial charge >= 0.3 is 0 Å². The summed E-state index contributed by atoms with van der Waals surface area (Å²) in [5, 5.41) is 12.1. The van der Waals surface area contributed by atoms with Crippen LogP contribution in [-0.2, 0) is 4.79 Å². The van der Waals surface area contributed by atoms with Crippen LogP contribution in [0, 0.1) is 5.92 Å². The van der Waals surface area contributed by atoms with Crippen molar-refractivity contribution in [3.05, 3.63) is 54.4 Å². The maximum Gasteiger partial charge on any atom is 0.273 e. The molecule has 8 heteroatoms. The molecule has 1 amide bonds. The Balaban J connectivity index is 1.34. The summed E-state index contributed by atoms with van der Waals surface area (Å²) in [5.74, 6) is 1.72. The van der Waals surface area contributed by atoms with Crippen molar-refractivity contribution in [2.75, 3.05) is 37.5 Å². The minimum absolute atomic E-state index is 0.146. The van der Waals surface area contributed by atoms with Gasteiger partial charge in [0.25, 0.3) is 11.1 Å². The van der Waals surface area contributed by atoms with Crippen molar-refractivity contribution in [3.8, 4) is 15.6 Å². The van der Waals surface area contributed by atoms with E-state index in [9.17, 15) is 9.90 Å². The van der Waals surface area contributed by atoms with Crippen molar-refractivity contribution in [2.45, 2.75) is 69.3 Å². The normalized spacial score (nSPS) is 20.8. The van der Waals surface area contributed by atoms with Crippen molar-refractivity contribution in [1.82, 2.24) is 9.97 Å². The number of benzene rings is 1. The molecule has 1 N–H and O–H groups in total. The minimum atomic E-state index is -1.28. The summed E-state index contributed by atoms with van der Waals surface area (Å²) in [6, 6.07) is 12.4. The van der Waals surface area contributed by atoms with Crippen molar-refractivity contribution in [1.29, 1.82) is 0 Å². The van der Waals surface area contributed by atoms with E-state index in [2.05, 4.69) is 28.2 Å². The summed E-state index contributed by atoms with van der Waals surface area (Å²) in [7, 11) is 5.64. The van der Waals surface area contributed by atoms with E-state index in [1.807, 2.05) is 54.5 Å². The number of hydrogen-bond acceptors (Lipinski definition) is 7. The number of carbonyl (C=O) groups is 1. The van der Waals surface area contributed by atoms with Crippen LogP contribution in [0.3, 0.4) is 0 Å².